The largest absolute Gasteiger partial charge is 0.353 e. The van der Waals surface area contributed by atoms with Crippen molar-refractivity contribution in [2.24, 2.45) is 5.92 Å². The van der Waals surface area contributed by atoms with E-state index in [4.69, 9.17) is 0 Å². The summed E-state index contributed by atoms with van der Waals surface area (Å²) in [5.41, 5.74) is 1.20. The summed E-state index contributed by atoms with van der Waals surface area (Å²) in [7, 11) is -0.920. The smallest absolute Gasteiger partial charge is 0.223 e. The van der Waals surface area contributed by atoms with Crippen LogP contribution in [0, 0.1) is 5.92 Å². The fourth-order valence-electron chi connectivity index (χ4n) is 3.22. The van der Waals surface area contributed by atoms with Crippen molar-refractivity contribution < 1.29 is 9.00 Å². The topological polar surface area (TPSA) is 58.2 Å². The number of hydrogen-bond donors (Lipinski definition) is 2. The van der Waals surface area contributed by atoms with Crippen LogP contribution in [-0.2, 0) is 22.1 Å². The van der Waals surface area contributed by atoms with Crippen molar-refractivity contribution in [2.45, 2.75) is 62.0 Å². The van der Waals surface area contributed by atoms with Gasteiger partial charge in [-0.25, -0.2) is 0 Å². The first-order valence-electron chi connectivity index (χ1n) is 8.58. The van der Waals surface area contributed by atoms with Crippen LogP contribution < -0.4 is 10.6 Å². The molecule has 2 aliphatic carbocycles. The summed E-state index contributed by atoms with van der Waals surface area (Å²) in [5, 5.41) is 6.72. The zero-order valence-corrected chi connectivity index (χ0v) is 14.5. The summed E-state index contributed by atoms with van der Waals surface area (Å²) < 4.78 is 11.4. The van der Waals surface area contributed by atoms with E-state index in [1.165, 1.54) is 5.56 Å². The Morgan fingerprint density at radius 3 is 2.52 bits per heavy atom. The molecule has 4 nitrogen and oxygen atoms in total. The van der Waals surface area contributed by atoms with Crippen molar-refractivity contribution in [1.29, 1.82) is 0 Å². The van der Waals surface area contributed by atoms with Gasteiger partial charge in [-0.1, -0.05) is 18.6 Å². The van der Waals surface area contributed by atoms with Gasteiger partial charge < -0.3 is 10.6 Å². The van der Waals surface area contributed by atoms with E-state index >= 15 is 0 Å². The third-order valence-electron chi connectivity index (χ3n) is 4.82. The molecular formula is C18H26N2O2S. The van der Waals surface area contributed by atoms with E-state index in [0.717, 1.165) is 50.0 Å². The van der Waals surface area contributed by atoms with E-state index in [-0.39, 0.29) is 11.8 Å². The Labute approximate surface area is 140 Å². The highest BCUT2D eigenvalue weighted by atomic mass is 32.2. The molecule has 1 aromatic carbocycles. The van der Waals surface area contributed by atoms with Crippen LogP contribution in [0.1, 0.15) is 44.1 Å². The summed E-state index contributed by atoms with van der Waals surface area (Å²) >= 11 is 0. The molecule has 0 saturated heterocycles. The molecule has 3 atom stereocenters. The highest BCUT2D eigenvalue weighted by Gasteiger charge is 2.30. The molecule has 5 heteroatoms. The molecule has 2 saturated carbocycles. The minimum atomic E-state index is -0.920. The molecule has 1 amide bonds. The minimum Gasteiger partial charge on any atom is -0.353 e. The second-order valence-electron chi connectivity index (χ2n) is 6.82. The third-order valence-corrected chi connectivity index (χ3v) is 5.75. The number of carbonyl (C=O) groups excluding carboxylic acids is 1. The van der Waals surface area contributed by atoms with Crippen LogP contribution in [0.15, 0.2) is 29.2 Å². The fourth-order valence-corrected chi connectivity index (χ4v) is 3.74. The zero-order chi connectivity index (χ0) is 16.2. The predicted octanol–water partition coefficient (Wildman–Crippen LogP) is 2.35. The second kappa shape index (κ2) is 7.58. The first-order chi connectivity index (χ1) is 11.1. The number of carbonyl (C=O) groups is 1. The van der Waals surface area contributed by atoms with Crippen molar-refractivity contribution in [1.82, 2.24) is 10.6 Å². The molecular weight excluding hydrogens is 308 g/mol. The van der Waals surface area contributed by atoms with Crippen molar-refractivity contribution >= 4 is 16.7 Å². The molecule has 2 aliphatic rings. The molecule has 2 fully saturated rings. The Bertz CT molecular complexity index is 569. The maximum Gasteiger partial charge on any atom is 0.223 e. The first-order valence-corrected chi connectivity index (χ1v) is 10.1. The van der Waals surface area contributed by atoms with E-state index in [2.05, 4.69) is 10.6 Å². The quantitative estimate of drug-likeness (QED) is 0.839. The summed E-state index contributed by atoms with van der Waals surface area (Å²) in [6, 6.07) is 8.80. The molecule has 0 radical (unpaired) electrons. The SMILES string of the molecule is C[S@@](=O)c1ccc(CN[C@H]2CCC[C@H](C(=O)NC3CC3)C2)cc1. The van der Waals surface area contributed by atoms with Crippen LogP contribution in [0.5, 0.6) is 0 Å². The van der Waals surface area contributed by atoms with E-state index in [1.807, 2.05) is 24.3 Å². The van der Waals surface area contributed by atoms with Gasteiger partial charge in [0.2, 0.25) is 5.91 Å². The van der Waals surface area contributed by atoms with Crippen LogP contribution in [0.3, 0.4) is 0 Å². The molecule has 1 aromatic rings. The van der Waals surface area contributed by atoms with Crippen molar-refractivity contribution in [3.8, 4) is 0 Å². The molecule has 0 spiro atoms. The van der Waals surface area contributed by atoms with E-state index in [1.54, 1.807) is 6.26 Å². The van der Waals surface area contributed by atoms with Gasteiger partial charge >= 0.3 is 0 Å². The lowest BCUT2D eigenvalue weighted by Gasteiger charge is -2.29. The van der Waals surface area contributed by atoms with Crippen molar-refractivity contribution in [2.75, 3.05) is 6.26 Å². The van der Waals surface area contributed by atoms with Gasteiger partial charge in [0.05, 0.1) is 0 Å². The number of nitrogens with one attached hydrogen (secondary N) is 2. The van der Waals surface area contributed by atoms with Crippen molar-refractivity contribution in [3.05, 3.63) is 29.8 Å². The van der Waals surface area contributed by atoms with Crippen LogP contribution in [0.2, 0.25) is 0 Å². The number of amides is 1. The molecule has 0 aromatic heterocycles. The monoisotopic (exact) mass is 334 g/mol. The Balaban J connectivity index is 1.47. The molecule has 0 unspecified atom stereocenters. The molecule has 2 N–H and O–H groups in total. The summed E-state index contributed by atoms with van der Waals surface area (Å²) in [4.78, 5) is 13.1. The molecule has 3 rings (SSSR count). The van der Waals surface area contributed by atoms with Crippen LogP contribution in [0.4, 0.5) is 0 Å². The number of hydrogen-bond acceptors (Lipinski definition) is 3. The van der Waals surface area contributed by atoms with Gasteiger partial charge in [-0.2, -0.15) is 0 Å². The zero-order valence-electron chi connectivity index (χ0n) is 13.7. The molecule has 0 aliphatic heterocycles. The van der Waals surface area contributed by atoms with Crippen LogP contribution in [0.25, 0.3) is 0 Å². The molecule has 126 valence electrons. The average molecular weight is 334 g/mol. The Morgan fingerprint density at radius 2 is 1.87 bits per heavy atom. The van der Waals surface area contributed by atoms with Gasteiger partial charge in [-0.05, 0) is 49.8 Å². The van der Waals surface area contributed by atoms with Gasteiger partial charge in [-0.15, -0.1) is 0 Å². The first kappa shape index (κ1) is 16.7. The lowest BCUT2D eigenvalue weighted by molar-refractivity contribution is -0.126. The minimum absolute atomic E-state index is 0.173. The van der Waals surface area contributed by atoms with E-state index < -0.39 is 10.8 Å². The third kappa shape index (κ3) is 4.88. The molecule has 0 bridgehead atoms. The summed E-state index contributed by atoms with van der Waals surface area (Å²) in [6.45, 7) is 0.804. The maximum absolute atomic E-state index is 12.2. The molecule has 23 heavy (non-hydrogen) atoms. The highest BCUT2D eigenvalue weighted by Crippen LogP contribution is 2.27. The number of rotatable bonds is 6. The van der Waals surface area contributed by atoms with Gasteiger partial charge in [-0.3, -0.25) is 9.00 Å². The Kier molecular flexibility index (Phi) is 5.49. The van der Waals surface area contributed by atoms with Gasteiger partial charge in [0.25, 0.3) is 0 Å². The lowest BCUT2D eigenvalue weighted by atomic mass is 9.85. The predicted molar refractivity (Wildman–Crippen MR) is 92.5 cm³/mol. The summed E-state index contributed by atoms with van der Waals surface area (Å²) in [6.07, 6.45) is 8.22. The van der Waals surface area contributed by atoms with Gasteiger partial charge in [0, 0.05) is 46.5 Å². The van der Waals surface area contributed by atoms with Gasteiger partial charge in [0.15, 0.2) is 0 Å². The fraction of sp³-hybridized carbons (Fsp3) is 0.611. The molecule has 0 heterocycles. The summed E-state index contributed by atoms with van der Waals surface area (Å²) in [5.74, 6) is 0.431. The highest BCUT2D eigenvalue weighted by molar-refractivity contribution is 7.84. The van der Waals surface area contributed by atoms with E-state index in [0.29, 0.717) is 12.1 Å². The van der Waals surface area contributed by atoms with E-state index in [9.17, 15) is 9.00 Å². The standard InChI is InChI=1S/C18H26N2O2S/c1-23(22)17-9-5-13(6-10-17)12-19-16-4-2-3-14(11-16)18(21)20-15-7-8-15/h5-6,9-10,14-16,19H,2-4,7-8,11-12H2,1H3,(H,20,21)/t14-,16-,23+/m0/s1. The van der Waals surface area contributed by atoms with Crippen molar-refractivity contribution in [3.63, 3.8) is 0 Å². The number of benzene rings is 1. The Morgan fingerprint density at radius 1 is 1.13 bits per heavy atom. The average Bonchev–Trinajstić information content (AvgIpc) is 3.37. The van der Waals surface area contributed by atoms with Gasteiger partial charge in [0.1, 0.15) is 0 Å². The van der Waals surface area contributed by atoms with Crippen LogP contribution in [-0.4, -0.2) is 28.5 Å². The second-order valence-corrected chi connectivity index (χ2v) is 8.20. The normalized spacial score (nSPS) is 25.8. The van der Waals surface area contributed by atoms with Crippen LogP contribution >= 0.6 is 0 Å². The maximum atomic E-state index is 12.2. The Hall–Kier alpha value is -1.20. The lowest BCUT2D eigenvalue weighted by Crippen LogP contribution is -2.40.